The molecule has 3 heterocycles. The summed E-state index contributed by atoms with van der Waals surface area (Å²) in [5.74, 6) is -0.0811. The van der Waals surface area contributed by atoms with Gasteiger partial charge in [-0.05, 0) is 6.07 Å². The predicted octanol–water partition coefficient (Wildman–Crippen LogP) is 0.569. The van der Waals surface area contributed by atoms with E-state index in [0.29, 0.717) is 4.96 Å². The van der Waals surface area contributed by atoms with Gasteiger partial charge in [-0.2, -0.15) is 8.42 Å². The first kappa shape index (κ1) is 11.9. The van der Waals surface area contributed by atoms with Crippen LogP contribution in [0.1, 0.15) is 0 Å². The van der Waals surface area contributed by atoms with E-state index in [1.165, 1.54) is 28.1 Å². The van der Waals surface area contributed by atoms with Crippen molar-refractivity contribution < 1.29 is 8.42 Å². The Morgan fingerprint density at radius 3 is 2.79 bits per heavy atom. The number of nitrogen functional groups attached to an aromatic ring is 1. The smallest absolute Gasteiger partial charge is 0.284 e. The molecule has 0 aliphatic heterocycles. The van der Waals surface area contributed by atoms with Crippen LogP contribution < -0.4 is 10.5 Å². The Balaban J connectivity index is 2.10. The van der Waals surface area contributed by atoms with Crippen molar-refractivity contribution in [1.82, 2.24) is 19.4 Å². The van der Waals surface area contributed by atoms with E-state index in [1.54, 1.807) is 17.6 Å². The number of fused-ring (bicyclic) bond motifs is 1. The predicted molar refractivity (Wildman–Crippen MR) is 70.3 cm³/mol. The standard InChI is InChI=1S/C9H8N6O2S2/c10-6-7(15-4-5-18-9(15)13-6)19(16,17)14-8-11-2-1-3-12-8/h1-5H,10H2,(H,11,12,14). The normalized spacial score (nSPS) is 11.8. The number of imidazole rings is 1. The largest absolute Gasteiger partial charge is 0.381 e. The summed E-state index contributed by atoms with van der Waals surface area (Å²) in [5, 5.41) is 1.61. The van der Waals surface area contributed by atoms with E-state index in [4.69, 9.17) is 5.73 Å². The minimum atomic E-state index is -3.89. The van der Waals surface area contributed by atoms with Crippen molar-refractivity contribution in [3.05, 3.63) is 30.0 Å². The molecule has 0 saturated carbocycles. The number of thiazole rings is 1. The molecule has 0 radical (unpaired) electrons. The summed E-state index contributed by atoms with van der Waals surface area (Å²) in [6, 6.07) is 1.59. The number of hydrogen-bond acceptors (Lipinski definition) is 7. The molecule has 98 valence electrons. The van der Waals surface area contributed by atoms with Gasteiger partial charge in [0.2, 0.25) is 11.0 Å². The summed E-state index contributed by atoms with van der Waals surface area (Å²) >= 11 is 1.29. The van der Waals surface area contributed by atoms with Crippen molar-refractivity contribution in [1.29, 1.82) is 0 Å². The lowest BCUT2D eigenvalue weighted by Gasteiger charge is -2.05. The van der Waals surface area contributed by atoms with Gasteiger partial charge < -0.3 is 5.73 Å². The van der Waals surface area contributed by atoms with E-state index in [-0.39, 0.29) is 16.8 Å². The maximum absolute atomic E-state index is 12.3. The zero-order valence-corrected chi connectivity index (χ0v) is 11.0. The Morgan fingerprint density at radius 1 is 1.32 bits per heavy atom. The van der Waals surface area contributed by atoms with Gasteiger partial charge in [0.15, 0.2) is 10.8 Å². The van der Waals surface area contributed by atoms with E-state index in [9.17, 15) is 8.42 Å². The van der Waals surface area contributed by atoms with Gasteiger partial charge in [0.25, 0.3) is 10.0 Å². The van der Waals surface area contributed by atoms with Crippen molar-refractivity contribution in [3.63, 3.8) is 0 Å². The highest BCUT2D eigenvalue weighted by Crippen LogP contribution is 2.24. The Bertz CT molecular complexity index is 823. The van der Waals surface area contributed by atoms with Gasteiger partial charge in [0.1, 0.15) is 0 Å². The molecule has 3 rings (SSSR count). The van der Waals surface area contributed by atoms with Crippen LogP contribution in [0.4, 0.5) is 11.8 Å². The first-order chi connectivity index (χ1) is 9.08. The summed E-state index contributed by atoms with van der Waals surface area (Å²) in [7, 11) is -3.89. The summed E-state index contributed by atoms with van der Waals surface area (Å²) in [6.07, 6.45) is 4.46. The second-order valence-corrected chi connectivity index (χ2v) is 6.01. The number of sulfonamides is 1. The molecule has 0 atom stereocenters. The molecular weight excluding hydrogens is 288 g/mol. The number of hydrogen-bond donors (Lipinski definition) is 2. The monoisotopic (exact) mass is 296 g/mol. The highest BCUT2D eigenvalue weighted by molar-refractivity contribution is 7.92. The summed E-state index contributed by atoms with van der Waals surface area (Å²) < 4.78 is 28.2. The molecule has 0 spiro atoms. The number of nitrogens with zero attached hydrogens (tertiary/aromatic N) is 4. The second-order valence-electron chi connectivity index (χ2n) is 3.54. The Hall–Kier alpha value is -2.20. The number of aromatic nitrogens is 4. The minimum absolute atomic E-state index is 0.0212. The van der Waals surface area contributed by atoms with Gasteiger partial charge >= 0.3 is 0 Å². The van der Waals surface area contributed by atoms with Crippen molar-refractivity contribution >= 4 is 38.1 Å². The number of anilines is 2. The molecule has 0 aliphatic rings. The molecule has 3 aromatic heterocycles. The van der Waals surface area contributed by atoms with E-state index >= 15 is 0 Å². The summed E-state index contributed by atoms with van der Waals surface area (Å²) in [5.41, 5.74) is 5.65. The van der Waals surface area contributed by atoms with E-state index < -0.39 is 10.0 Å². The van der Waals surface area contributed by atoms with Gasteiger partial charge in [-0.3, -0.25) is 4.40 Å². The van der Waals surface area contributed by atoms with Crippen LogP contribution in [-0.4, -0.2) is 27.8 Å². The zero-order valence-electron chi connectivity index (χ0n) is 9.39. The average molecular weight is 296 g/mol. The van der Waals surface area contributed by atoms with Crippen molar-refractivity contribution in [2.75, 3.05) is 10.5 Å². The third-order valence-corrected chi connectivity index (χ3v) is 4.41. The van der Waals surface area contributed by atoms with Crippen LogP contribution in [0.3, 0.4) is 0 Å². The maximum Gasteiger partial charge on any atom is 0.284 e. The molecular formula is C9H8N6O2S2. The highest BCUT2D eigenvalue weighted by Gasteiger charge is 2.25. The molecule has 0 saturated heterocycles. The van der Waals surface area contributed by atoms with Gasteiger partial charge in [-0.1, -0.05) is 0 Å². The van der Waals surface area contributed by atoms with Crippen LogP contribution in [-0.2, 0) is 10.0 Å². The van der Waals surface area contributed by atoms with Crippen LogP contribution in [0.5, 0.6) is 0 Å². The van der Waals surface area contributed by atoms with Crippen LogP contribution >= 0.6 is 11.3 Å². The molecule has 19 heavy (non-hydrogen) atoms. The van der Waals surface area contributed by atoms with Gasteiger partial charge in [0.05, 0.1) is 0 Å². The van der Waals surface area contributed by atoms with Crippen molar-refractivity contribution in [2.24, 2.45) is 0 Å². The Kier molecular flexibility index (Phi) is 2.61. The molecule has 3 aromatic rings. The second kappa shape index (κ2) is 4.17. The molecule has 0 aliphatic carbocycles. The van der Waals surface area contributed by atoms with Gasteiger partial charge in [-0.25, -0.2) is 19.7 Å². The summed E-state index contributed by atoms with van der Waals surface area (Å²) in [6.45, 7) is 0. The summed E-state index contributed by atoms with van der Waals surface area (Å²) in [4.78, 5) is 12.1. The van der Waals surface area contributed by atoms with Crippen LogP contribution in [0.25, 0.3) is 4.96 Å². The van der Waals surface area contributed by atoms with Crippen molar-refractivity contribution in [2.45, 2.75) is 5.03 Å². The Morgan fingerprint density at radius 2 is 2.05 bits per heavy atom. The molecule has 3 N–H and O–H groups in total. The number of nitrogens with one attached hydrogen (secondary N) is 1. The lowest BCUT2D eigenvalue weighted by Crippen LogP contribution is -2.17. The molecule has 0 unspecified atom stereocenters. The first-order valence-corrected chi connectivity index (χ1v) is 7.45. The quantitative estimate of drug-likeness (QED) is 0.730. The fourth-order valence-electron chi connectivity index (χ4n) is 1.57. The SMILES string of the molecule is Nc1nc2sccn2c1S(=O)(=O)Nc1ncccn1. The molecule has 0 aromatic carbocycles. The third-order valence-electron chi connectivity index (χ3n) is 2.29. The van der Waals surface area contributed by atoms with Crippen molar-refractivity contribution in [3.8, 4) is 0 Å². The fraction of sp³-hybridized carbons (Fsp3) is 0. The lowest BCUT2D eigenvalue weighted by molar-refractivity contribution is 0.597. The molecule has 0 fully saturated rings. The maximum atomic E-state index is 12.3. The molecule has 0 amide bonds. The number of nitrogens with two attached hydrogens (primary N) is 1. The molecule has 0 bridgehead atoms. The van der Waals surface area contributed by atoms with E-state index in [1.807, 2.05) is 0 Å². The fourth-order valence-corrected chi connectivity index (χ4v) is 3.52. The lowest BCUT2D eigenvalue weighted by atomic mass is 10.7. The van der Waals surface area contributed by atoms with Gasteiger partial charge in [-0.15, -0.1) is 11.3 Å². The third kappa shape index (κ3) is 2.00. The van der Waals surface area contributed by atoms with Crippen LogP contribution in [0.15, 0.2) is 35.1 Å². The average Bonchev–Trinajstić information content (AvgIpc) is 2.88. The molecule has 8 nitrogen and oxygen atoms in total. The first-order valence-electron chi connectivity index (χ1n) is 5.09. The minimum Gasteiger partial charge on any atom is -0.381 e. The van der Waals surface area contributed by atoms with E-state index in [0.717, 1.165) is 0 Å². The van der Waals surface area contributed by atoms with Crippen LogP contribution in [0.2, 0.25) is 0 Å². The number of rotatable bonds is 3. The van der Waals surface area contributed by atoms with Crippen LogP contribution in [0, 0.1) is 0 Å². The highest BCUT2D eigenvalue weighted by atomic mass is 32.2. The van der Waals surface area contributed by atoms with Gasteiger partial charge in [0, 0.05) is 24.0 Å². The van der Waals surface area contributed by atoms with E-state index in [2.05, 4.69) is 19.7 Å². The molecule has 10 heteroatoms. The zero-order chi connectivity index (χ0) is 13.5. The Labute approximate surface area is 112 Å². The topological polar surface area (TPSA) is 115 Å².